The number of primary amides is 1. The lowest BCUT2D eigenvalue weighted by molar-refractivity contribution is -0.116. The molecule has 0 atom stereocenters. The van der Waals surface area contributed by atoms with Gasteiger partial charge in [0.05, 0.1) is 12.1 Å². The van der Waals surface area contributed by atoms with E-state index in [4.69, 9.17) is 5.73 Å². The predicted molar refractivity (Wildman–Crippen MR) is 50.7 cm³/mol. The number of amides is 1. The Morgan fingerprint density at radius 2 is 2.07 bits per heavy atom. The van der Waals surface area contributed by atoms with Crippen LogP contribution in [0.5, 0.6) is 0 Å². The van der Waals surface area contributed by atoms with Gasteiger partial charge in [0.25, 0.3) is 5.56 Å². The van der Waals surface area contributed by atoms with E-state index in [-0.39, 0.29) is 12.0 Å². The van der Waals surface area contributed by atoms with Crippen LogP contribution in [0.25, 0.3) is 0 Å². The van der Waals surface area contributed by atoms with Crippen LogP contribution in [0, 0.1) is 0 Å². The Morgan fingerprint density at radius 1 is 1.43 bits per heavy atom. The van der Waals surface area contributed by atoms with E-state index < -0.39 is 5.91 Å². The minimum atomic E-state index is -0.472. The molecule has 0 spiro atoms. The number of nitrogens with zero attached hydrogens (tertiary/aromatic N) is 3. The molecular formula is C8H10N4O2. The largest absolute Gasteiger partial charge is 0.369 e. The molecular weight excluding hydrogens is 184 g/mol. The van der Waals surface area contributed by atoms with E-state index >= 15 is 0 Å². The molecule has 2 N–H and O–H groups in total. The smallest absolute Gasteiger partial charge is 0.277 e. The SMILES string of the molecule is Cn1c2c(c(=O)n1C)C(CC(N)=O)=N2. The summed E-state index contributed by atoms with van der Waals surface area (Å²) in [5, 5.41) is 0. The number of nitrogens with two attached hydrogens (primary N) is 1. The Kier molecular flexibility index (Phi) is 1.60. The van der Waals surface area contributed by atoms with Crippen molar-refractivity contribution in [3.8, 4) is 0 Å². The highest BCUT2D eigenvalue weighted by atomic mass is 16.1. The van der Waals surface area contributed by atoms with Crippen LogP contribution in [0.15, 0.2) is 9.79 Å². The first-order valence-corrected chi connectivity index (χ1v) is 4.14. The molecule has 0 radical (unpaired) electrons. The molecule has 2 rings (SSSR count). The van der Waals surface area contributed by atoms with Crippen molar-refractivity contribution in [1.82, 2.24) is 9.36 Å². The summed E-state index contributed by atoms with van der Waals surface area (Å²) in [6.07, 6.45) is 0.0340. The van der Waals surface area contributed by atoms with Crippen LogP contribution in [0.4, 0.5) is 5.82 Å². The molecule has 0 saturated carbocycles. The average Bonchev–Trinajstić information content (AvgIpc) is 2.22. The van der Waals surface area contributed by atoms with Gasteiger partial charge < -0.3 is 5.73 Å². The molecule has 14 heavy (non-hydrogen) atoms. The van der Waals surface area contributed by atoms with Gasteiger partial charge in [0.15, 0.2) is 5.82 Å². The molecule has 0 saturated heterocycles. The fraction of sp³-hybridized carbons (Fsp3) is 0.375. The minimum absolute atomic E-state index is 0.0340. The zero-order chi connectivity index (χ0) is 10.5. The van der Waals surface area contributed by atoms with Crippen LogP contribution >= 0.6 is 0 Å². The molecule has 0 aliphatic carbocycles. The van der Waals surface area contributed by atoms with Crippen molar-refractivity contribution in [3.05, 3.63) is 15.9 Å². The monoisotopic (exact) mass is 194 g/mol. The second kappa shape index (κ2) is 2.57. The van der Waals surface area contributed by atoms with E-state index in [1.54, 1.807) is 18.8 Å². The number of carbonyl (C=O) groups is 1. The Bertz CT molecular complexity index is 506. The predicted octanol–water partition coefficient (Wildman–Crippen LogP) is -0.967. The number of aromatic nitrogens is 2. The fourth-order valence-electron chi connectivity index (χ4n) is 1.50. The summed E-state index contributed by atoms with van der Waals surface area (Å²) >= 11 is 0. The fourth-order valence-corrected chi connectivity index (χ4v) is 1.50. The minimum Gasteiger partial charge on any atom is -0.369 e. The molecule has 2 heterocycles. The van der Waals surface area contributed by atoms with Crippen molar-refractivity contribution in [2.24, 2.45) is 24.8 Å². The number of fused-ring (bicyclic) bond motifs is 1. The molecule has 0 bridgehead atoms. The highest BCUT2D eigenvalue weighted by Crippen LogP contribution is 2.27. The lowest BCUT2D eigenvalue weighted by atomic mass is 10.1. The zero-order valence-electron chi connectivity index (χ0n) is 7.94. The molecule has 1 aliphatic rings. The summed E-state index contributed by atoms with van der Waals surface area (Å²) in [6, 6.07) is 0. The number of hydrogen-bond acceptors (Lipinski definition) is 3. The van der Waals surface area contributed by atoms with Crippen LogP contribution in [0.2, 0.25) is 0 Å². The first-order valence-electron chi connectivity index (χ1n) is 4.14. The van der Waals surface area contributed by atoms with Crippen molar-refractivity contribution < 1.29 is 4.79 Å². The third-order valence-corrected chi connectivity index (χ3v) is 2.36. The van der Waals surface area contributed by atoms with Gasteiger partial charge in [-0.25, -0.2) is 4.99 Å². The maximum Gasteiger partial charge on any atom is 0.277 e. The number of rotatable bonds is 2. The summed E-state index contributed by atoms with van der Waals surface area (Å²) < 4.78 is 3.09. The molecule has 0 aromatic carbocycles. The first-order chi connectivity index (χ1) is 6.52. The van der Waals surface area contributed by atoms with Crippen molar-refractivity contribution in [2.75, 3.05) is 0 Å². The van der Waals surface area contributed by atoms with Crippen molar-refractivity contribution in [1.29, 1.82) is 0 Å². The van der Waals surface area contributed by atoms with Gasteiger partial charge in [-0.05, 0) is 0 Å². The van der Waals surface area contributed by atoms with E-state index in [0.29, 0.717) is 17.1 Å². The van der Waals surface area contributed by atoms with E-state index in [1.807, 2.05) is 0 Å². The van der Waals surface area contributed by atoms with Gasteiger partial charge in [-0.2, -0.15) is 0 Å². The quantitative estimate of drug-likeness (QED) is 0.657. The Balaban J connectivity index is 2.44. The second-order valence-corrected chi connectivity index (χ2v) is 3.25. The van der Waals surface area contributed by atoms with E-state index in [9.17, 15) is 9.59 Å². The Hall–Kier alpha value is -1.85. The summed E-state index contributed by atoms with van der Waals surface area (Å²) in [5.74, 6) is 0.147. The zero-order valence-corrected chi connectivity index (χ0v) is 7.94. The summed E-state index contributed by atoms with van der Waals surface area (Å²) in [4.78, 5) is 26.3. The highest BCUT2D eigenvalue weighted by Gasteiger charge is 2.28. The molecule has 0 fully saturated rings. The van der Waals surface area contributed by atoms with Gasteiger partial charge in [0.2, 0.25) is 5.91 Å². The summed E-state index contributed by atoms with van der Waals surface area (Å²) in [5.41, 5.74) is 5.90. The van der Waals surface area contributed by atoms with Gasteiger partial charge >= 0.3 is 0 Å². The lowest BCUT2D eigenvalue weighted by Gasteiger charge is -2.12. The van der Waals surface area contributed by atoms with Crippen LogP contribution in [0.3, 0.4) is 0 Å². The molecule has 6 nitrogen and oxygen atoms in total. The third-order valence-electron chi connectivity index (χ3n) is 2.36. The first kappa shape index (κ1) is 8.74. The molecule has 74 valence electrons. The van der Waals surface area contributed by atoms with Crippen LogP contribution in [-0.2, 0) is 18.9 Å². The molecule has 1 aromatic rings. The van der Waals surface area contributed by atoms with Crippen LogP contribution < -0.4 is 11.3 Å². The van der Waals surface area contributed by atoms with Gasteiger partial charge in [-0.3, -0.25) is 19.0 Å². The lowest BCUT2D eigenvalue weighted by Crippen LogP contribution is -2.26. The Morgan fingerprint density at radius 3 is 2.57 bits per heavy atom. The highest BCUT2D eigenvalue weighted by molar-refractivity contribution is 6.17. The molecule has 1 aromatic heterocycles. The molecule has 0 unspecified atom stereocenters. The van der Waals surface area contributed by atoms with Crippen LogP contribution in [0.1, 0.15) is 12.0 Å². The van der Waals surface area contributed by atoms with Crippen molar-refractivity contribution in [2.45, 2.75) is 6.42 Å². The van der Waals surface area contributed by atoms with E-state index in [1.165, 1.54) is 4.68 Å². The van der Waals surface area contributed by atoms with Gasteiger partial charge in [-0.15, -0.1) is 0 Å². The average molecular weight is 194 g/mol. The number of hydrogen-bond donors (Lipinski definition) is 1. The Labute approximate surface area is 79.6 Å². The van der Waals surface area contributed by atoms with Crippen molar-refractivity contribution in [3.63, 3.8) is 0 Å². The summed E-state index contributed by atoms with van der Waals surface area (Å²) in [7, 11) is 3.39. The molecule has 1 aliphatic heterocycles. The maximum atomic E-state index is 11.6. The number of carbonyl (C=O) groups excluding carboxylic acids is 1. The van der Waals surface area contributed by atoms with Crippen molar-refractivity contribution >= 4 is 17.4 Å². The molecule has 6 heteroatoms. The standard InChI is InChI=1S/C8H10N4O2/c1-11-7-6(8(14)12(11)2)4(10-7)3-5(9)13/h3H2,1-2H3,(H2,9,13). The normalized spacial score (nSPS) is 13.1. The second-order valence-electron chi connectivity index (χ2n) is 3.25. The summed E-state index contributed by atoms with van der Waals surface area (Å²) in [6.45, 7) is 0. The van der Waals surface area contributed by atoms with Gasteiger partial charge in [0.1, 0.15) is 5.56 Å². The van der Waals surface area contributed by atoms with E-state index in [0.717, 1.165) is 0 Å². The third kappa shape index (κ3) is 0.935. The molecule has 1 amide bonds. The van der Waals surface area contributed by atoms with Crippen LogP contribution in [-0.4, -0.2) is 21.0 Å². The van der Waals surface area contributed by atoms with E-state index in [2.05, 4.69) is 4.99 Å². The van der Waals surface area contributed by atoms with Gasteiger partial charge in [0, 0.05) is 14.1 Å². The topological polar surface area (TPSA) is 82.4 Å². The number of aliphatic imine (C=N–C) groups is 1. The maximum absolute atomic E-state index is 11.6. The van der Waals surface area contributed by atoms with Gasteiger partial charge in [-0.1, -0.05) is 0 Å².